The SMILES string of the molecule is COC(=O)c1ccc(F)cc1S(=O)(=O)NC1CNCCC1C.Cl. The molecule has 0 saturated carbocycles. The molecule has 0 amide bonds. The monoisotopic (exact) mass is 366 g/mol. The van der Waals surface area contributed by atoms with Crippen LogP contribution in [-0.4, -0.2) is 40.6 Å². The van der Waals surface area contributed by atoms with Crippen LogP contribution >= 0.6 is 12.4 Å². The summed E-state index contributed by atoms with van der Waals surface area (Å²) < 4.78 is 45.6. The van der Waals surface area contributed by atoms with Crippen molar-refractivity contribution < 1.29 is 22.3 Å². The number of esters is 1. The molecule has 1 fully saturated rings. The predicted octanol–water partition coefficient (Wildman–Crippen LogP) is 1.31. The van der Waals surface area contributed by atoms with Crippen LogP contribution in [0.4, 0.5) is 4.39 Å². The van der Waals surface area contributed by atoms with Gasteiger partial charge in [0.1, 0.15) is 5.82 Å². The molecule has 1 heterocycles. The number of piperidine rings is 1. The average Bonchev–Trinajstić information content (AvgIpc) is 2.48. The van der Waals surface area contributed by atoms with Crippen LogP contribution in [0.2, 0.25) is 0 Å². The Hall–Kier alpha value is -1.22. The highest BCUT2D eigenvalue weighted by atomic mass is 35.5. The number of hydrogen-bond acceptors (Lipinski definition) is 5. The summed E-state index contributed by atoms with van der Waals surface area (Å²) in [5, 5.41) is 3.11. The van der Waals surface area contributed by atoms with Crippen LogP contribution < -0.4 is 10.0 Å². The van der Waals surface area contributed by atoms with E-state index in [0.29, 0.717) is 6.54 Å². The molecular formula is C14H20ClFN2O4S. The molecule has 23 heavy (non-hydrogen) atoms. The zero-order valence-corrected chi connectivity index (χ0v) is 14.5. The van der Waals surface area contributed by atoms with Gasteiger partial charge in [-0.25, -0.2) is 22.3 Å². The van der Waals surface area contributed by atoms with E-state index in [2.05, 4.69) is 14.8 Å². The van der Waals surface area contributed by atoms with Crippen molar-refractivity contribution in [3.05, 3.63) is 29.6 Å². The average molecular weight is 367 g/mol. The summed E-state index contributed by atoms with van der Waals surface area (Å²) in [6, 6.07) is 2.65. The number of ether oxygens (including phenoxy) is 1. The second-order valence-corrected chi connectivity index (χ2v) is 7.01. The minimum Gasteiger partial charge on any atom is -0.465 e. The van der Waals surface area contributed by atoms with E-state index in [1.165, 1.54) is 0 Å². The maximum absolute atomic E-state index is 13.4. The predicted molar refractivity (Wildman–Crippen MR) is 85.7 cm³/mol. The van der Waals surface area contributed by atoms with Gasteiger partial charge < -0.3 is 10.1 Å². The van der Waals surface area contributed by atoms with Crippen LogP contribution in [0, 0.1) is 11.7 Å². The van der Waals surface area contributed by atoms with Crippen molar-refractivity contribution in [3.8, 4) is 0 Å². The summed E-state index contributed by atoms with van der Waals surface area (Å²) in [6.45, 7) is 3.26. The van der Waals surface area contributed by atoms with Gasteiger partial charge in [0.2, 0.25) is 10.0 Å². The quantitative estimate of drug-likeness (QED) is 0.785. The van der Waals surface area contributed by atoms with Gasteiger partial charge in [0.05, 0.1) is 17.6 Å². The van der Waals surface area contributed by atoms with Crippen molar-refractivity contribution in [2.75, 3.05) is 20.2 Å². The first-order valence-electron chi connectivity index (χ1n) is 6.96. The molecule has 130 valence electrons. The summed E-state index contributed by atoms with van der Waals surface area (Å²) in [6.07, 6.45) is 0.834. The smallest absolute Gasteiger partial charge is 0.339 e. The second kappa shape index (κ2) is 8.05. The molecule has 0 radical (unpaired) electrons. The summed E-state index contributed by atoms with van der Waals surface area (Å²) in [5.41, 5.74) is -0.187. The zero-order valence-electron chi connectivity index (χ0n) is 12.8. The van der Waals surface area contributed by atoms with E-state index in [4.69, 9.17) is 0 Å². The van der Waals surface area contributed by atoms with Crippen LogP contribution in [0.5, 0.6) is 0 Å². The third-order valence-electron chi connectivity index (χ3n) is 3.77. The van der Waals surface area contributed by atoms with E-state index >= 15 is 0 Å². The number of halogens is 2. The van der Waals surface area contributed by atoms with Gasteiger partial charge in [-0.05, 0) is 37.1 Å². The third-order valence-corrected chi connectivity index (χ3v) is 5.30. The number of nitrogens with one attached hydrogen (secondary N) is 2. The number of sulfonamides is 1. The van der Waals surface area contributed by atoms with E-state index in [1.54, 1.807) is 0 Å². The Balaban J connectivity index is 0.00000264. The molecule has 2 unspecified atom stereocenters. The molecule has 1 aliphatic heterocycles. The molecule has 2 atom stereocenters. The van der Waals surface area contributed by atoms with Crippen molar-refractivity contribution in [2.45, 2.75) is 24.3 Å². The maximum atomic E-state index is 13.4. The number of benzene rings is 1. The third kappa shape index (κ3) is 4.63. The Morgan fingerprint density at radius 2 is 2.13 bits per heavy atom. The number of hydrogen-bond donors (Lipinski definition) is 2. The van der Waals surface area contributed by atoms with Crippen LogP contribution in [0.3, 0.4) is 0 Å². The first-order chi connectivity index (χ1) is 10.3. The van der Waals surface area contributed by atoms with Crippen LogP contribution in [-0.2, 0) is 14.8 Å². The lowest BCUT2D eigenvalue weighted by atomic mass is 9.96. The molecule has 0 aliphatic carbocycles. The fraction of sp³-hybridized carbons (Fsp3) is 0.500. The van der Waals surface area contributed by atoms with Crippen molar-refractivity contribution in [2.24, 2.45) is 5.92 Å². The Morgan fingerprint density at radius 3 is 2.74 bits per heavy atom. The fourth-order valence-corrected chi connectivity index (χ4v) is 3.96. The van der Waals surface area contributed by atoms with Crippen LogP contribution in [0.15, 0.2) is 23.1 Å². The van der Waals surface area contributed by atoms with Gasteiger partial charge in [-0.15, -0.1) is 12.4 Å². The van der Waals surface area contributed by atoms with E-state index in [1.807, 2.05) is 6.92 Å². The fourth-order valence-electron chi connectivity index (χ4n) is 2.41. The van der Waals surface area contributed by atoms with Crippen molar-refractivity contribution >= 4 is 28.4 Å². The molecule has 1 aromatic carbocycles. The maximum Gasteiger partial charge on any atom is 0.339 e. The first-order valence-corrected chi connectivity index (χ1v) is 8.44. The Bertz CT molecular complexity index is 669. The Kier molecular flexibility index (Phi) is 6.94. The Morgan fingerprint density at radius 1 is 1.43 bits per heavy atom. The van der Waals surface area contributed by atoms with Gasteiger partial charge >= 0.3 is 5.97 Å². The lowest BCUT2D eigenvalue weighted by Gasteiger charge is -2.30. The molecule has 1 aliphatic rings. The number of carbonyl (C=O) groups excluding carboxylic acids is 1. The molecular weight excluding hydrogens is 347 g/mol. The van der Waals surface area contributed by atoms with Crippen molar-refractivity contribution in [3.63, 3.8) is 0 Å². The minimum absolute atomic E-state index is 0. The van der Waals surface area contributed by atoms with Gasteiger partial charge in [0, 0.05) is 12.6 Å². The standard InChI is InChI=1S/C14H19FN2O4S.ClH/c1-9-5-6-16-8-12(9)17-22(19,20)13-7-10(15)3-4-11(13)14(18)21-2;/h3-4,7,9,12,16-17H,5-6,8H2,1-2H3;1H. The Labute approximate surface area is 141 Å². The van der Waals surface area contributed by atoms with Crippen molar-refractivity contribution in [1.82, 2.24) is 10.0 Å². The minimum atomic E-state index is -4.03. The van der Waals surface area contributed by atoms with Gasteiger partial charge in [-0.1, -0.05) is 6.92 Å². The molecule has 2 N–H and O–H groups in total. The lowest BCUT2D eigenvalue weighted by molar-refractivity contribution is 0.0596. The highest BCUT2D eigenvalue weighted by Gasteiger charge is 2.30. The molecule has 1 saturated heterocycles. The highest BCUT2D eigenvalue weighted by Crippen LogP contribution is 2.21. The largest absolute Gasteiger partial charge is 0.465 e. The summed E-state index contributed by atoms with van der Waals surface area (Å²) in [4.78, 5) is 11.3. The summed E-state index contributed by atoms with van der Waals surface area (Å²) in [5.74, 6) is -1.41. The van der Waals surface area contributed by atoms with E-state index in [-0.39, 0.29) is 29.9 Å². The number of carbonyl (C=O) groups is 1. The number of methoxy groups -OCH3 is 1. The molecule has 9 heteroatoms. The molecule has 2 rings (SSSR count). The van der Waals surface area contributed by atoms with Crippen molar-refractivity contribution in [1.29, 1.82) is 0 Å². The summed E-state index contributed by atoms with van der Waals surface area (Å²) >= 11 is 0. The lowest BCUT2D eigenvalue weighted by Crippen LogP contribution is -2.50. The summed E-state index contributed by atoms with van der Waals surface area (Å²) in [7, 11) is -2.89. The molecule has 1 aromatic rings. The molecule has 0 spiro atoms. The molecule has 0 aromatic heterocycles. The first kappa shape index (κ1) is 19.8. The van der Waals surface area contributed by atoms with Gasteiger partial charge in [-0.3, -0.25) is 0 Å². The zero-order chi connectivity index (χ0) is 16.3. The van der Waals surface area contributed by atoms with E-state index in [0.717, 1.165) is 38.3 Å². The van der Waals surface area contributed by atoms with Gasteiger partial charge in [0.25, 0.3) is 0 Å². The normalized spacial score (nSPS) is 21.3. The van der Waals surface area contributed by atoms with Crippen LogP contribution in [0.25, 0.3) is 0 Å². The topological polar surface area (TPSA) is 84.5 Å². The van der Waals surface area contributed by atoms with Gasteiger partial charge in [0.15, 0.2) is 0 Å². The van der Waals surface area contributed by atoms with Crippen LogP contribution in [0.1, 0.15) is 23.7 Å². The number of rotatable bonds is 4. The van der Waals surface area contributed by atoms with E-state index < -0.39 is 26.7 Å². The highest BCUT2D eigenvalue weighted by molar-refractivity contribution is 7.89. The van der Waals surface area contributed by atoms with Gasteiger partial charge in [-0.2, -0.15) is 0 Å². The second-order valence-electron chi connectivity index (χ2n) is 5.33. The molecule has 6 nitrogen and oxygen atoms in total. The van der Waals surface area contributed by atoms with E-state index in [9.17, 15) is 17.6 Å². The molecule has 0 bridgehead atoms.